The number of aliphatic hydroxyl groups is 1. The number of nitrogens with one attached hydrogen (secondary N) is 2. The van der Waals surface area contributed by atoms with Crippen molar-refractivity contribution in [2.24, 2.45) is 0 Å². The van der Waals surface area contributed by atoms with Gasteiger partial charge in [0.2, 0.25) is 0 Å². The highest BCUT2D eigenvalue weighted by Crippen LogP contribution is 2.40. The van der Waals surface area contributed by atoms with Gasteiger partial charge in [-0.3, -0.25) is 4.79 Å². The van der Waals surface area contributed by atoms with Gasteiger partial charge in [0.05, 0.1) is 29.0 Å². The average molecular weight is 579 g/mol. The Balaban J connectivity index is 1.42. The highest BCUT2D eigenvalue weighted by Gasteiger charge is 2.45. The number of amides is 2. The molecule has 4 heterocycles. The number of carbonyl (C=O) groups excluding carboxylic acids is 3. The van der Waals surface area contributed by atoms with E-state index in [-0.39, 0.29) is 55.1 Å². The topological polar surface area (TPSA) is 158 Å². The summed E-state index contributed by atoms with van der Waals surface area (Å²) in [7, 11) is 0. The van der Waals surface area contributed by atoms with Crippen molar-refractivity contribution in [3.05, 3.63) is 56.9 Å². The molecule has 12 nitrogen and oxygen atoms in total. The van der Waals surface area contributed by atoms with Crippen molar-refractivity contribution in [3.8, 4) is 17.1 Å². The summed E-state index contributed by atoms with van der Waals surface area (Å²) in [5.41, 5.74) is 0.917. The standard InChI is InChI=1S/C30H34N4O8/c1-6-16-8-9-22(41-27(37)31-10-11-32-28(38)42-29(3,4)5)18-12-17-14-34-21(24(17)33-23(16)18)13-20-19(25(34)35)15-40-26(36)30(20,39)7-2/h8-9,12-13,39H,6-7,10-11,14-15H2,1-5H3,(H,31,37)(H,32,38)/t30-/m0/s1. The first-order valence-electron chi connectivity index (χ1n) is 13.9. The lowest BCUT2D eigenvalue weighted by Gasteiger charge is -2.31. The molecule has 5 rings (SSSR count). The first kappa shape index (κ1) is 29.1. The molecule has 2 aliphatic heterocycles. The summed E-state index contributed by atoms with van der Waals surface area (Å²) in [6.45, 7) is 9.19. The first-order valence-corrected chi connectivity index (χ1v) is 13.9. The van der Waals surface area contributed by atoms with Crippen LogP contribution in [0.3, 0.4) is 0 Å². The third kappa shape index (κ3) is 5.18. The van der Waals surface area contributed by atoms with E-state index in [4.69, 9.17) is 19.2 Å². The molecule has 0 spiro atoms. The number of benzene rings is 1. The summed E-state index contributed by atoms with van der Waals surface area (Å²) in [6, 6.07) is 7.04. The molecule has 42 heavy (non-hydrogen) atoms. The third-order valence-electron chi connectivity index (χ3n) is 7.37. The van der Waals surface area contributed by atoms with Crippen molar-refractivity contribution in [2.75, 3.05) is 13.1 Å². The summed E-state index contributed by atoms with van der Waals surface area (Å²) in [4.78, 5) is 55.2. The van der Waals surface area contributed by atoms with E-state index in [0.29, 0.717) is 28.7 Å². The Hall–Kier alpha value is -4.45. The van der Waals surface area contributed by atoms with Crippen LogP contribution in [-0.2, 0) is 39.4 Å². The summed E-state index contributed by atoms with van der Waals surface area (Å²) in [5, 5.41) is 16.9. The van der Waals surface area contributed by atoms with Gasteiger partial charge in [-0.05, 0) is 57.4 Å². The maximum absolute atomic E-state index is 13.5. The summed E-state index contributed by atoms with van der Waals surface area (Å²) >= 11 is 0. The Morgan fingerprint density at radius 1 is 1.12 bits per heavy atom. The molecule has 0 saturated heterocycles. The van der Waals surface area contributed by atoms with E-state index in [0.717, 1.165) is 11.1 Å². The van der Waals surface area contributed by atoms with Crippen molar-refractivity contribution < 1.29 is 33.7 Å². The van der Waals surface area contributed by atoms with Crippen LogP contribution in [-0.4, -0.2) is 51.5 Å². The molecule has 0 saturated carbocycles. The largest absolute Gasteiger partial charge is 0.458 e. The molecule has 2 aliphatic rings. The van der Waals surface area contributed by atoms with E-state index in [1.165, 1.54) is 0 Å². The minimum Gasteiger partial charge on any atom is -0.458 e. The molecule has 1 atom stereocenters. The van der Waals surface area contributed by atoms with Gasteiger partial charge in [0.1, 0.15) is 18.0 Å². The molecular formula is C30H34N4O8. The van der Waals surface area contributed by atoms with Gasteiger partial charge < -0.3 is 34.5 Å². The van der Waals surface area contributed by atoms with Crippen LogP contribution in [0.25, 0.3) is 22.3 Å². The number of carbonyl (C=O) groups is 3. The fourth-order valence-corrected chi connectivity index (χ4v) is 5.25. The number of cyclic esters (lactones) is 1. The quantitative estimate of drug-likeness (QED) is 0.231. The summed E-state index contributed by atoms with van der Waals surface area (Å²) < 4.78 is 17.5. The molecule has 1 aromatic carbocycles. The van der Waals surface area contributed by atoms with Crippen LogP contribution in [0.15, 0.2) is 29.1 Å². The number of hydrogen-bond acceptors (Lipinski definition) is 9. The molecule has 222 valence electrons. The molecule has 0 radical (unpaired) electrons. The fourth-order valence-electron chi connectivity index (χ4n) is 5.25. The molecule has 0 fully saturated rings. The van der Waals surface area contributed by atoms with E-state index >= 15 is 0 Å². The van der Waals surface area contributed by atoms with Crippen molar-refractivity contribution in [2.45, 2.75) is 71.8 Å². The number of pyridine rings is 2. The second kappa shape index (κ2) is 10.8. The van der Waals surface area contributed by atoms with Crippen LogP contribution in [0.1, 0.15) is 63.3 Å². The molecule has 3 aromatic rings. The van der Waals surface area contributed by atoms with Gasteiger partial charge in [0, 0.05) is 29.6 Å². The minimum atomic E-state index is -1.91. The van der Waals surface area contributed by atoms with Crippen LogP contribution in [0.4, 0.5) is 9.59 Å². The highest BCUT2D eigenvalue weighted by atomic mass is 16.6. The van der Waals surface area contributed by atoms with Crippen molar-refractivity contribution in [1.29, 1.82) is 0 Å². The minimum absolute atomic E-state index is 0.0551. The number of fused-ring (bicyclic) bond motifs is 5. The van der Waals surface area contributed by atoms with Crippen LogP contribution in [0.2, 0.25) is 0 Å². The zero-order chi connectivity index (χ0) is 30.4. The second-order valence-corrected chi connectivity index (χ2v) is 11.3. The lowest BCUT2D eigenvalue weighted by molar-refractivity contribution is -0.172. The van der Waals surface area contributed by atoms with Crippen molar-refractivity contribution in [1.82, 2.24) is 20.2 Å². The second-order valence-electron chi connectivity index (χ2n) is 11.3. The van der Waals surface area contributed by atoms with Gasteiger partial charge in [-0.15, -0.1) is 0 Å². The first-order chi connectivity index (χ1) is 19.9. The normalized spacial score (nSPS) is 17.1. The Morgan fingerprint density at radius 2 is 1.83 bits per heavy atom. The monoisotopic (exact) mass is 578 g/mol. The third-order valence-corrected chi connectivity index (χ3v) is 7.37. The summed E-state index contributed by atoms with van der Waals surface area (Å²) in [5.74, 6) is -0.488. The predicted molar refractivity (Wildman–Crippen MR) is 152 cm³/mol. The number of alkyl carbamates (subject to hydrolysis) is 1. The number of esters is 1. The molecule has 12 heteroatoms. The summed E-state index contributed by atoms with van der Waals surface area (Å²) in [6.07, 6.45) is -0.579. The molecule has 3 N–H and O–H groups in total. The Labute approximate surface area is 242 Å². The van der Waals surface area contributed by atoms with Crippen molar-refractivity contribution in [3.63, 3.8) is 0 Å². The predicted octanol–water partition coefficient (Wildman–Crippen LogP) is 3.26. The van der Waals surface area contributed by atoms with Crippen LogP contribution < -0.4 is 20.9 Å². The Kier molecular flexibility index (Phi) is 7.44. The van der Waals surface area contributed by atoms with E-state index in [2.05, 4.69) is 10.6 Å². The Morgan fingerprint density at radius 3 is 2.50 bits per heavy atom. The van der Waals surface area contributed by atoms with E-state index in [1.54, 1.807) is 44.4 Å². The average Bonchev–Trinajstić information content (AvgIpc) is 3.29. The van der Waals surface area contributed by atoms with Gasteiger partial charge >= 0.3 is 18.2 Å². The van der Waals surface area contributed by atoms with Crippen LogP contribution in [0, 0.1) is 0 Å². The maximum Gasteiger partial charge on any atom is 0.412 e. The smallest absolute Gasteiger partial charge is 0.412 e. The zero-order valence-corrected chi connectivity index (χ0v) is 24.3. The lowest BCUT2D eigenvalue weighted by atomic mass is 9.86. The number of nitrogens with zero attached hydrogens (tertiary/aromatic N) is 2. The number of ether oxygens (including phenoxy) is 3. The van der Waals surface area contributed by atoms with Gasteiger partial charge in [0.25, 0.3) is 5.56 Å². The highest BCUT2D eigenvalue weighted by molar-refractivity contribution is 5.93. The zero-order valence-electron chi connectivity index (χ0n) is 24.3. The van der Waals surface area contributed by atoms with Crippen molar-refractivity contribution >= 4 is 29.1 Å². The maximum atomic E-state index is 13.5. The van der Waals surface area contributed by atoms with Gasteiger partial charge in [-0.2, -0.15) is 0 Å². The molecule has 0 aliphatic carbocycles. The number of aryl methyl sites for hydroxylation is 1. The molecule has 0 unspecified atom stereocenters. The van der Waals surface area contributed by atoms with Crippen LogP contribution >= 0.6 is 0 Å². The fraction of sp³-hybridized carbons (Fsp3) is 0.433. The number of aromatic nitrogens is 2. The number of hydrogen-bond donors (Lipinski definition) is 3. The molecule has 2 amide bonds. The molecule has 2 aromatic heterocycles. The van der Waals surface area contributed by atoms with Gasteiger partial charge in [-0.25, -0.2) is 19.4 Å². The molecular weight excluding hydrogens is 544 g/mol. The number of rotatable bonds is 6. The van der Waals surface area contributed by atoms with E-state index in [9.17, 15) is 24.3 Å². The van der Waals surface area contributed by atoms with Crippen LogP contribution in [0.5, 0.6) is 5.75 Å². The van der Waals surface area contributed by atoms with E-state index in [1.807, 2.05) is 19.1 Å². The van der Waals surface area contributed by atoms with Gasteiger partial charge in [0.15, 0.2) is 5.60 Å². The SMILES string of the molecule is CCc1ccc(OC(=O)NCCNC(=O)OC(C)(C)C)c2cc3c(nc12)-c1cc2c(c(=O)n1C3)COC(=O)[C@]2(O)CC. The lowest BCUT2D eigenvalue weighted by Crippen LogP contribution is -2.44. The molecule has 0 bridgehead atoms. The van der Waals surface area contributed by atoms with Gasteiger partial charge in [-0.1, -0.05) is 19.9 Å². The Bertz CT molecular complexity index is 1670. The van der Waals surface area contributed by atoms with E-state index < -0.39 is 29.4 Å².